The van der Waals surface area contributed by atoms with Crippen LogP contribution < -0.4 is 5.32 Å². The number of anilines is 1. The number of nitrogens with one attached hydrogen (secondary N) is 1. The van der Waals surface area contributed by atoms with E-state index in [-0.39, 0.29) is 11.4 Å². The molecule has 1 aromatic heterocycles. The summed E-state index contributed by atoms with van der Waals surface area (Å²) < 4.78 is 18.4. The van der Waals surface area contributed by atoms with Gasteiger partial charge in [-0.15, -0.1) is 0 Å². The molecule has 3 aromatic rings. The van der Waals surface area contributed by atoms with Gasteiger partial charge in [-0.3, -0.25) is 4.79 Å². The Kier molecular flexibility index (Phi) is 4.47. The maximum absolute atomic E-state index is 13.5. The molecule has 1 amide bonds. The molecule has 0 saturated heterocycles. The molecule has 5 nitrogen and oxygen atoms in total. The van der Waals surface area contributed by atoms with E-state index in [9.17, 15) is 14.0 Å². The molecule has 1 N–H and O–H groups in total. The van der Waals surface area contributed by atoms with Gasteiger partial charge in [0.1, 0.15) is 5.82 Å². The van der Waals surface area contributed by atoms with Crippen LogP contribution in [-0.2, 0) is 9.53 Å². The lowest BCUT2D eigenvalue weighted by atomic mass is 10.1. The number of esters is 1. The zero-order valence-corrected chi connectivity index (χ0v) is 12.5. The van der Waals surface area contributed by atoms with Gasteiger partial charge in [0.15, 0.2) is 12.3 Å². The molecule has 0 fully saturated rings. The minimum atomic E-state index is -0.713. The predicted molar refractivity (Wildman–Crippen MR) is 87.1 cm³/mol. The fourth-order valence-electron chi connectivity index (χ4n) is 2.23. The topological polar surface area (TPSA) is 68.3 Å². The summed E-state index contributed by atoms with van der Waals surface area (Å²) in [5.74, 6) is -1.91. The van der Waals surface area contributed by atoms with Crippen LogP contribution in [0.4, 0.5) is 10.1 Å². The van der Waals surface area contributed by atoms with Crippen LogP contribution in [0.25, 0.3) is 10.8 Å². The number of aromatic nitrogens is 1. The van der Waals surface area contributed by atoms with Gasteiger partial charge in [0.25, 0.3) is 5.91 Å². The summed E-state index contributed by atoms with van der Waals surface area (Å²) in [6.07, 6.45) is 1.50. The maximum atomic E-state index is 13.5. The van der Waals surface area contributed by atoms with Crippen LogP contribution in [0.15, 0.2) is 60.8 Å². The molecular formula is C18H13FN2O3. The number of carbonyl (C=O) groups excluding carboxylic acids is 2. The highest BCUT2D eigenvalue weighted by atomic mass is 19.1. The molecule has 1 heterocycles. The molecule has 0 aliphatic heterocycles. The third kappa shape index (κ3) is 3.38. The van der Waals surface area contributed by atoms with E-state index in [0.29, 0.717) is 5.39 Å². The minimum absolute atomic E-state index is 0.0295. The average molecular weight is 324 g/mol. The second-order valence-corrected chi connectivity index (χ2v) is 4.98. The highest BCUT2D eigenvalue weighted by Crippen LogP contribution is 2.17. The quantitative estimate of drug-likeness (QED) is 0.749. The van der Waals surface area contributed by atoms with Crippen molar-refractivity contribution in [1.82, 2.24) is 4.98 Å². The van der Waals surface area contributed by atoms with Crippen molar-refractivity contribution in [2.45, 2.75) is 0 Å². The number of hydrogen-bond acceptors (Lipinski definition) is 4. The highest BCUT2D eigenvalue weighted by molar-refractivity contribution is 6.03. The maximum Gasteiger partial charge on any atom is 0.358 e. The fourth-order valence-corrected chi connectivity index (χ4v) is 2.23. The average Bonchev–Trinajstić information content (AvgIpc) is 2.61. The number of amides is 1. The molecule has 2 aromatic carbocycles. The van der Waals surface area contributed by atoms with Crippen molar-refractivity contribution in [1.29, 1.82) is 0 Å². The number of nitrogens with zero attached hydrogens (tertiary/aromatic N) is 1. The van der Waals surface area contributed by atoms with E-state index < -0.39 is 24.3 Å². The van der Waals surface area contributed by atoms with Gasteiger partial charge in [-0.2, -0.15) is 0 Å². The Labute approximate surface area is 137 Å². The first-order valence-electron chi connectivity index (χ1n) is 7.20. The molecule has 24 heavy (non-hydrogen) atoms. The summed E-state index contributed by atoms with van der Waals surface area (Å²) in [5.41, 5.74) is 0.161. The van der Waals surface area contributed by atoms with E-state index in [1.54, 1.807) is 24.3 Å². The van der Waals surface area contributed by atoms with E-state index in [1.165, 1.54) is 24.4 Å². The summed E-state index contributed by atoms with van der Waals surface area (Å²) in [5, 5.41) is 3.82. The summed E-state index contributed by atoms with van der Waals surface area (Å²) in [4.78, 5) is 27.9. The van der Waals surface area contributed by atoms with Gasteiger partial charge >= 0.3 is 5.97 Å². The second kappa shape index (κ2) is 6.87. The van der Waals surface area contributed by atoms with Gasteiger partial charge in [-0.25, -0.2) is 14.2 Å². The molecule has 3 rings (SSSR count). The van der Waals surface area contributed by atoms with E-state index in [1.807, 2.05) is 12.1 Å². The van der Waals surface area contributed by atoms with Gasteiger partial charge in [0.2, 0.25) is 0 Å². The van der Waals surface area contributed by atoms with Crippen LogP contribution >= 0.6 is 0 Å². The van der Waals surface area contributed by atoms with E-state index >= 15 is 0 Å². The van der Waals surface area contributed by atoms with Gasteiger partial charge in [0, 0.05) is 11.6 Å². The van der Waals surface area contributed by atoms with Crippen LogP contribution in [0.1, 0.15) is 10.5 Å². The molecule has 120 valence electrons. The summed E-state index contributed by atoms with van der Waals surface area (Å²) in [7, 11) is 0. The third-order valence-corrected chi connectivity index (χ3v) is 3.35. The molecule has 0 atom stereocenters. The van der Waals surface area contributed by atoms with Crippen molar-refractivity contribution < 1.29 is 18.7 Å². The molecule has 6 heteroatoms. The highest BCUT2D eigenvalue weighted by Gasteiger charge is 2.15. The number of benzene rings is 2. The first-order valence-corrected chi connectivity index (χ1v) is 7.20. The van der Waals surface area contributed by atoms with Crippen molar-refractivity contribution in [3.05, 3.63) is 72.3 Å². The fraction of sp³-hybridized carbons (Fsp3) is 0.0556. The lowest BCUT2D eigenvalue weighted by molar-refractivity contribution is -0.119. The lowest BCUT2D eigenvalue weighted by Crippen LogP contribution is -2.22. The number of carbonyl (C=O) groups is 2. The molecule has 0 aliphatic carbocycles. The first kappa shape index (κ1) is 15.6. The number of halogens is 1. The van der Waals surface area contributed by atoms with Gasteiger partial charge in [-0.1, -0.05) is 36.4 Å². The Morgan fingerprint density at radius 3 is 2.62 bits per heavy atom. The summed E-state index contributed by atoms with van der Waals surface area (Å²) in [6.45, 7) is -0.530. The largest absolute Gasteiger partial charge is 0.451 e. The van der Waals surface area contributed by atoms with Crippen LogP contribution in [0.5, 0.6) is 0 Å². The monoisotopic (exact) mass is 324 g/mol. The summed E-state index contributed by atoms with van der Waals surface area (Å²) >= 11 is 0. The van der Waals surface area contributed by atoms with Gasteiger partial charge < -0.3 is 10.1 Å². The predicted octanol–water partition coefficient (Wildman–Crippen LogP) is 3.17. The van der Waals surface area contributed by atoms with Gasteiger partial charge in [-0.05, 0) is 23.6 Å². The Morgan fingerprint density at radius 1 is 1.04 bits per heavy atom. The molecular weight excluding hydrogens is 311 g/mol. The Hall–Kier alpha value is -3.28. The molecule has 0 bridgehead atoms. The molecule has 0 spiro atoms. The summed E-state index contributed by atoms with van der Waals surface area (Å²) in [6, 6.07) is 14.7. The smallest absolute Gasteiger partial charge is 0.358 e. The number of fused-ring (bicyclic) bond motifs is 1. The van der Waals surface area contributed by atoms with Crippen molar-refractivity contribution in [2.75, 3.05) is 11.9 Å². The number of para-hydroxylation sites is 1. The van der Waals surface area contributed by atoms with Crippen molar-refractivity contribution in [3.8, 4) is 0 Å². The molecule has 0 aliphatic rings. The normalized spacial score (nSPS) is 10.4. The molecule has 0 unspecified atom stereocenters. The van der Waals surface area contributed by atoms with E-state index in [0.717, 1.165) is 5.39 Å². The van der Waals surface area contributed by atoms with Gasteiger partial charge in [0.05, 0.1) is 5.69 Å². The Balaban J connectivity index is 1.67. The molecule has 0 saturated carbocycles. The number of rotatable bonds is 4. The minimum Gasteiger partial charge on any atom is -0.451 e. The Bertz CT molecular complexity index is 906. The van der Waals surface area contributed by atoms with Crippen molar-refractivity contribution in [3.63, 3.8) is 0 Å². The van der Waals surface area contributed by atoms with Crippen molar-refractivity contribution in [2.24, 2.45) is 0 Å². The molecule has 0 radical (unpaired) electrons. The van der Waals surface area contributed by atoms with Crippen LogP contribution in [0, 0.1) is 5.82 Å². The first-order chi connectivity index (χ1) is 11.6. The SMILES string of the molecule is O=C(COC(=O)c1nccc2ccccc12)Nc1ccccc1F. The standard InChI is InChI=1S/C18H13FN2O3/c19-14-7-3-4-8-15(14)21-16(22)11-24-18(23)17-13-6-2-1-5-12(13)9-10-20-17/h1-10H,11H2,(H,21,22). The zero-order valence-electron chi connectivity index (χ0n) is 12.5. The van der Waals surface area contributed by atoms with Crippen LogP contribution in [0.2, 0.25) is 0 Å². The second-order valence-electron chi connectivity index (χ2n) is 4.98. The van der Waals surface area contributed by atoms with E-state index in [4.69, 9.17) is 4.74 Å². The number of ether oxygens (including phenoxy) is 1. The zero-order chi connectivity index (χ0) is 16.9. The van der Waals surface area contributed by atoms with Crippen molar-refractivity contribution >= 4 is 28.3 Å². The van der Waals surface area contributed by atoms with Crippen LogP contribution in [0.3, 0.4) is 0 Å². The Morgan fingerprint density at radius 2 is 1.79 bits per heavy atom. The third-order valence-electron chi connectivity index (χ3n) is 3.35. The van der Waals surface area contributed by atoms with E-state index in [2.05, 4.69) is 10.3 Å². The number of pyridine rings is 1. The lowest BCUT2D eigenvalue weighted by Gasteiger charge is -2.08. The van der Waals surface area contributed by atoms with Crippen LogP contribution in [-0.4, -0.2) is 23.5 Å². The number of hydrogen-bond donors (Lipinski definition) is 1.